The van der Waals surface area contributed by atoms with Gasteiger partial charge in [0.15, 0.2) is 0 Å². The van der Waals surface area contributed by atoms with Gasteiger partial charge < -0.3 is 24.3 Å². The minimum Gasteiger partial charge on any atom is -0.462 e. The monoisotopic (exact) mass is 617 g/mol. The lowest BCUT2D eigenvalue weighted by Crippen LogP contribution is -2.56. The van der Waals surface area contributed by atoms with Crippen LogP contribution >= 0.6 is 13.5 Å². The third-order valence-corrected chi connectivity index (χ3v) is 9.06. The van der Waals surface area contributed by atoms with Crippen LogP contribution in [0.4, 0.5) is 15.9 Å². The molecule has 9 nitrogen and oxygen atoms in total. The van der Waals surface area contributed by atoms with Gasteiger partial charge in [-0.3, -0.25) is 9.69 Å². The Hall–Kier alpha value is -3.88. The normalized spacial score (nSPS) is 20.2. The summed E-state index contributed by atoms with van der Waals surface area (Å²) in [6.45, 7) is 19.0. The molecule has 3 aliphatic rings. The molecule has 0 radical (unpaired) electrons. The lowest BCUT2D eigenvalue weighted by Gasteiger charge is -2.41. The second kappa shape index (κ2) is 13.8. The van der Waals surface area contributed by atoms with Crippen LogP contribution in [0.25, 0.3) is 15.6 Å². The largest absolute Gasteiger partial charge is 0.462 e. The van der Waals surface area contributed by atoms with Crippen LogP contribution in [0.2, 0.25) is 0 Å². The molecule has 0 N–H and O–H groups in total. The van der Waals surface area contributed by atoms with E-state index in [1.807, 2.05) is 30.3 Å². The van der Waals surface area contributed by atoms with Crippen LogP contribution in [0.1, 0.15) is 31.0 Å². The van der Waals surface area contributed by atoms with Gasteiger partial charge in [0.1, 0.15) is 24.3 Å². The second-order valence-electron chi connectivity index (χ2n) is 11.5. The summed E-state index contributed by atoms with van der Waals surface area (Å²) in [6.07, 6.45) is 4.28. The number of rotatable bonds is 8. The van der Waals surface area contributed by atoms with Gasteiger partial charge in [-0.2, -0.15) is 23.5 Å². The molecule has 11 heteroatoms. The first-order valence-electron chi connectivity index (χ1n) is 15.2. The quantitative estimate of drug-likeness (QED) is 0.274. The van der Waals surface area contributed by atoms with Crippen molar-refractivity contribution in [3.63, 3.8) is 0 Å². The molecule has 0 bridgehead atoms. The number of ether oxygens (including phenoxy) is 1. The van der Waals surface area contributed by atoms with Crippen molar-refractivity contribution in [3.05, 3.63) is 77.5 Å². The number of carbonyl (C=O) groups is 1. The van der Waals surface area contributed by atoms with E-state index in [0.717, 1.165) is 60.6 Å². The molecule has 1 amide bonds. The van der Waals surface area contributed by atoms with Crippen molar-refractivity contribution in [1.29, 1.82) is 0 Å². The highest BCUT2D eigenvalue weighted by atomic mass is 32.1. The van der Waals surface area contributed by atoms with Crippen LogP contribution in [-0.4, -0.2) is 90.2 Å². The molecule has 2 atom stereocenters. The van der Waals surface area contributed by atoms with E-state index in [-0.39, 0.29) is 37.8 Å². The molecule has 2 aromatic carbocycles. The standard InChI is InChI=1S/C33H38FN7O2.H2S/c1-4-31(42)41-18-17-40(20-24(41)19-35-3)32-27-14-16-39(30-13-12-28(34)25-10-6-7-11-26(25)30)21-29(27)36-33(37-32)43-22-23-9-8-15-38(23)5-2;/h4,6-7,10-13,23-24H,1,5,8-9,14-22H2,2H3;1H2/t23-,24?;/m0./s1. The average Bonchev–Trinajstić information content (AvgIpc) is 3.51. The van der Waals surface area contributed by atoms with Crippen LogP contribution in [0.15, 0.2) is 49.1 Å². The van der Waals surface area contributed by atoms with E-state index in [4.69, 9.17) is 21.3 Å². The molecule has 232 valence electrons. The number of likely N-dealkylation sites (tertiary alicyclic amines) is 1. The lowest BCUT2D eigenvalue weighted by molar-refractivity contribution is -0.128. The fourth-order valence-electron chi connectivity index (χ4n) is 6.83. The maximum absolute atomic E-state index is 14.6. The summed E-state index contributed by atoms with van der Waals surface area (Å²) >= 11 is 0. The van der Waals surface area contributed by atoms with E-state index < -0.39 is 0 Å². The van der Waals surface area contributed by atoms with Gasteiger partial charge in [-0.25, -0.2) is 11.0 Å². The molecular weight excluding hydrogens is 577 g/mol. The van der Waals surface area contributed by atoms with Gasteiger partial charge in [0.2, 0.25) is 12.5 Å². The summed E-state index contributed by atoms with van der Waals surface area (Å²) in [5, 5.41) is 1.48. The molecule has 0 spiro atoms. The molecule has 1 aromatic heterocycles. The summed E-state index contributed by atoms with van der Waals surface area (Å²) in [7, 11) is 0. The van der Waals surface area contributed by atoms with Crippen LogP contribution in [-0.2, 0) is 17.8 Å². The minimum absolute atomic E-state index is 0. The summed E-state index contributed by atoms with van der Waals surface area (Å²) in [5.74, 6) is 0.442. The van der Waals surface area contributed by atoms with Gasteiger partial charge in [0.05, 0.1) is 12.2 Å². The number of carbonyl (C=O) groups excluding carboxylic acids is 1. The van der Waals surface area contributed by atoms with E-state index in [2.05, 4.69) is 33.0 Å². The van der Waals surface area contributed by atoms with Gasteiger partial charge in [-0.05, 0) is 50.6 Å². The Morgan fingerprint density at radius 3 is 2.70 bits per heavy atom. The smallest absolute Gasteiger partial charge is 0.318 e. The van der Waals surface area contributed by atoms with E-state index in [9.17, 15) is 9.18 Å². The molecule has 2 saturated heterocycles. The first kappa shape index (κ1) is 31.5. The highest BCUT2D eigenvalue weighted by molar-refractivity contribution is 7.59. The number of fused-ring (bicyclic) bond motifs is 2. The number of likely N-dealkylation sites (N-methyl/N-ethyl adjacent to an activating group) is 1. The molecule has 4 heterocycles. The number of hydrogen-bond donors (Lipinski definition) is 0. The van der Waals surface area contributed by atoms with E-state index >= 15 is 0 Å². The Morgan fingerprint density at radius 1 is 1.11 bits per heavy atom. The molecule has 2 fully saturated rings. The number of piperazine rings is 1. The van der Waals surface area contributed by atoms with Crippen LogP contribution in [0.5, 0.6) is 6.01 Å². The van der Waals surface area contributed by atoms with Gasteiger partial charge in [-0.1, -0.05) is 37.8 Å². The van der Waals surface area contributed by atoms with Crippen molar-refractivity contribution in [2.45, 2.75) is 44.8 Å². The Bertz CT molecular complexity index is 1560. The number of halogens is 1. The second-order valence-corrected chi connectivity index (χ2v) is 11.5. The van der Waals surface area contributed by atoms with Gasteiger partial charge in [-0.15, -0.1) is 0 Å². The number of nitrogens with zero attached hydrogens (tertiary/aromatic N) is 7. The van der Waals surface area contributed by atoms with Crippen LogP contribution in [0, 0.1) is 12.4 Å². The number of hydrogen-bond acceptors (Lipinski definition) is 7. The molecule has 0 saturated carbocycles. The van der Waals surface area contributed by atoms with Crippen molar-refractivity contribution in [2.24, 2.45) is 0 Å². The summed E-state index contributed by atoms with van der Waals surface area (Å²) in [4.78, 5) is 34.7. The summed E-state index contributed by atoms with van der Waals surface area (Å²) < 4.78 is 20.9. The van der Waals surface area contributed by atoms with Gasteiger partial charge in [0.25, 0.3) is 0 Å². The van der Waals surface area contributed by atoms with Gasteiger partial charge in [0, 0.05) is 54.2 Å². The number of benzene rings is 2. The van der Waals surface area contributed by atoms with Crippen molar-refractivity contribution in [3.8, 4) is 6.01 Å². The van der Waals surface area contributed by atoms with Gasteiger partial charge >= 0.3 is 6.01 Å². The van der Waals surface area contributed by atoms with Crippen molar-refractivity contribution < 1.29 is 13.9 Å². The Kier molecular flexibility index (Phi) is 9.91. The summed E-state index contributed by atoms with van der Waals surface area (Å²) in [5.41, 5.74) is 2.93. The molecule has 6 rings (SSSR count). The van der Waals surface area contributed by atoms with E-state index in [0.29, 0.717) is 56.6 Å². The number of amides is 1. The Labute approximate surface area is 265 Å². The Morgan fingerprint density at radius 2 is 1.93 bits per heavy atom. The van der Waals surface area contributed by atoms with Crippen molar-refractivity contribution in [1.82, 2.24) is 19.8 Å². The third-order valence-electron chi connectivity index (χ3n) is 9.06. The SMILES string of the molecule is S.[C-]#[N+]CC1CN(c2nc(OC[C@@H]3CCCN3CC)nc3c2CCN(c2ccc(F)c4ccccc24)C3)CCN1C(=O)C=C. The zero-order valence-electron chi connectivity index (χ0n) is 25.2. The van der Waals surface area contributed by atoms with E-state index in [1.165, 1.54) is 12.1 Å². The first-order chi connectivity index (χ1) is 21.0. The number of anilines is 2. The maximum Gasteiger partial charge on any atom is 0.318 e. The minimum atomic E-state index is -0.256. The zero-order chi connectivity index (χ0) is 29.9. The number of aromatic nitrogens is 2. The highest BCUT2D eigenvalue weighted by Gasteiger charge is 2.35. The summed E-state index contributed by atoms with van der Waals surface area (Å²) in [6, 6.07) is 11.4. The fraction of sp³-hybridized carbons (Fsp3) is 0.455. The van der Waals surface area contributed by atoms with Crippen LogP contribution in [0.3, 0.4) is 0 Å². The highest BCUT2D eigenvalue weighted by Crippen LogP contribution is 2.35. The molecule has 1 unspecified atom stereocenters. The third kappa shape index (κ3) is 6.19. The molecular formula is C33H40FN7O2S. The molecule has 3 aromatic rings. The fourth-order valence-corrected chi connectivity index (χ4v) is 6.83. The van der Waals surface area contributed by atoms with Crippen molar-refractivity contribution in [2.75, 3.05) is 62.2 Å². The lowest BCUT2D eigenvalue weighted by atomic mass is 10.0. The molecule has 44 heavy (non-hydrogen) atoms. The van der Waals surface area contributed by atoms with E-state index in [1.54, 1.807) is 4.90 Å². The zero-order valence-corrected chi connectivity index (χ0v) is 26.2. The topological polar surface area (TPSA) is 69.4 Å². The maximum atomic E-state index is 14.6. The Balaban J connectivity index is 0.00000384. The average molecular weight is 618 g/mol. The predicted octanol–water partition coefficient (Wildman–Crippen LogP) is 4.43. The van der Waals surface area contributed by atoms with Crippen molar-refractivity contribution >= 4 is 41.7 Å². The molecule has 0 aliphatic carbocycles. The predicted molar refractivity (Wildman–Crippen MR) is 176 cm³/mol. The van der Waals surface area contributed by atoms with Crippen LogP contribution < -0.4 is 14.5 Å². The first-order valence-corrected chi connectivity index (χ1v) is 15.2. The molecule has 3 aliphatic heterocycles.